The number of benzene rings is 1. The number of piperidine rings is 1. The monoisotopic (exact) mass is 387 g/mol. The molecule has 28 heavy (non-hydrogen) atoms. The van der Waals surface area contributed by atoms with Crippen LogP contribution in [0.15, 0.2) is 29.3 Å². The van der Waals surface area contributed by atoms with E-state index >= 15 is 0 Å². The van der Waals surface area contributed by atoms with Gasteiger partial charge in [-0.25, -0.2) is 0 Å². The molecule has 2 rings (SSSR count). The molecule has 1 N–H and O–H groups in total. The third kappa shape index (κ3) is 7.79. The summed E-state index contributed by atoms with van der Waals surface area (Å²) in [6.07, 6.45) is 9.50. The number of methoxy groups -OCH3 is 1. The van der Waals surface area contributed by atoms with Crippen LogP contribution >= 0.6 is 0 Å². The van der Waals surface area contributed by atoms with Gasteiger partial charge in [-0.15, -0.1) is 6.42 Å². The van der Waals surface area contributed by atoms with Crippen molar-refractivity contribution < 1.29 is 14.2 Å². The standard InChI is InChI=1S/C22H33N3O3/c1-4-16-27-20-8-6-19(7-9-20)10-13-24-22(23-2)25-14-11-21(12-15-25)28-18-5-17-26-3/h1,6-9,21H,5,10-18H2,2-3H3,(H,23,24). The Balaban J connectivity index is 1.67. The molecule has 1 aliphatic heterocycles. The number of aliphatic imine (C=N–C) groups is 1. The van der Waals surface area contributed by atoms with Gasteiger partial charge in [0.15, 0.2) is 5.96 Å². The lowest BCUT2D eigenvalue weighted by Crippen LogP contribution is -2.47. The van der Waals surface area contributed by atoms with Crippen molar-refractivity contribution in [2.75, 3.05) is 53.6 Å². The molecule has 0 radical (unpaired) electrons. The molecule has 154 valence electrons. The minimum absolute atomic E-state index is 0.298. The molecule has 6 heteroatoms. The van der Waals surface area contributed by atoms with Gasteiger partial charge < -0.3 is 24.4 Å². The minimum atomic E-state index is 0.298. The third-order valence-electron chi connectivity index (χ3n) is 4.74. The van der Waals surface area contributed by atoms with Crippen LogP contribution in [0.2, 0.25) is 0 Å². The number of ether oxygens (including phenoxy) is 3. The fraction of sp³-hybridized carbons (Fsp3) is 0.591. The van der Waals surface area contributed by atoms with Gasteiger partial charge in [-0.3, -0.25) is 4.99 Å². The Morgan fingerprint density at radius 1 is 1.25 bits per heavy atom. The molecule has 0 atom stereocenters. The summed E-state index contributed by atoms with van der Waals surface area (Å²) in [5.41, 5.74) is 1.25. The second kappa shape index (κ2) is 13.0. The van der Waals surface area contributed by atoms with E-state index in [-0.39, 0.29) is 0 Å². The van der Waals surface area contributed by atoms with Crippen molar-refractivity contribution in [3.8, 4) is 18.1 Å². The summed E-state index contributed by atoms with van der Waals surface area (Å²) in [5.74, 6) is 4.24. The number of likely N-dealkylation sites (tertiary alicyclic amines) is 1. The van der Waals surface area contributed by atoms with Gasteiger partial charge in [0.25, 0.3) is 0 Å². The molecule has 1 aliphatic rings. The molecule has 1 fully saturated rings. The van der Waals surface area contributed by atoms with Crippen LogP contribution in [0.1, 0.15) is 24.8 Å². The van der Waals surface area contributed by atoms with Crippen LogP contribution in [0.25, 0.3) is 0 Å². The molecule has 1 saturated heterocycles. The minimum Gasteiger partial charge on any atom is -0.481 e. The Hall–Kier alpha value is -2.23. The van der Waals surface area contributed by atoms with Crippen molar-refractivity contribution in [2.45, 2.75) is 31.8 Å². The van der Waals surface area contributed by atoms with E-state index in [0.717, 1.165) is 70.2 Å². The molecule has 1 aromatic carbocycles. The number of nitrogens with zero attached hydrogens (tertiary/aromatic N) is 2. The lowest BCUT2D eigenvalue weighted by molar-refractivity contribution is 0.00992. The van der Waals surface area contributed by atoms with Gasteiger partial charge >= 0.3 is 0 Å². The number of guanidine groups is 1. The lowest BCUT2D eigenvalue weighted by atomic mass is 10.1. The first kappa shape index (κ1) is 22.1. The van der Waals surface area contributed by atoms with Gasteiger partial charge in [0.05, 0.1) is 6.10 Å². The molecule has 6 nitrogen and oxygen atoms in total. The van der Waals surface area contributed by atoms with E-state index < -0.39 is 0 Å². The van der Waals surface area contributed by atoms with Gasteiger partial charge in [-0.1, -0.05) is 18.1 Å². The molecule has 0 aromatic heterocycles. The van der Waals surface area contributed by atoms with Gasteiger partial charge in [-0.2, -0.15) is 0 Å². The maximum absolute atomic E-state index is 5.93. The molecular formula is C22H33N3O3. The molecule has 0 aliphatic carbocycles. The Morgan fingerprint density at radius 3 is 2.64 bits per heavy atom. The van der Waals surface area contributed by atoms with Crippen LogP contribution in [-0.2, 0) is 15.9 Å². The summed E-state index contributed by atoms with van der Waals surface area (Å²) in [7, 11) is 3.56. The summed E-state index contributed by atoms with van der Waals surface area (Å²) in [4.78, 5) is 6.75. The topological polar surface area (TPSA) is 55.3 Å². The molecular weight excluding hydrogens is 354 g/mol. The van der Waals surface area contributed by atoms with Crippen molar-refractivity contribution in [3.63, 3.8) is 0 Å². The first-order valence-electron chi connectivity index (χ1n) is 9.98. The molecule has 0 spiro atoms. The number of hydrogen-bond acceptors (Lipinski definition) is 4. The summed E-state index contributed by atoms with van der Waals surface area (Å²) in [5, 5.41) is 3.47. The normalized spacial score (nSPS) is 15.3. The first-order valence-corrected chi connectivity index (χ1v) is 9.98. The second-order valence-electron chi connectivity index (χ2n) is 6.76. The van der Waals surface area contributed by atoms with Crippen molar-refractivity contribution in [3.05, 3.63) is 29.8 Å². The zero-order valence-corrected chi connectivity index (χ0v) is 17.2. The van der Waals surface area contributed by atoms with Crippen molar-refractivity contribution in [1.29, 1.82) is 0 Å². The largest absolute Gasteiger partial charge is 0.481 e. The van der Waals surface area contributed by atoms with Crippen LogP contribution in [0.4, 0.5) is 0 Å². The zero-order valence-electron chi connectivity index (χ0n) is 17.2. The van der Waals surface area contributed by atoms with Crippen LogP contribution < -0.4 is 10.1 Å². The Morgan fingerprint density at radius 2 is 2.00 bits per heavy atom. The second-order valence-corrected chi connectivity index (χ2v) is 6.76. The van der Waals surface area contributed by atoms with E-state index in [9.17, 15) is 0 Å². The number of nitrogens with one attached hydrogen (secondary N) is 1. The highest BCUT2D eigenvalue weighted by Crippen LogP contribution is 2.15. The molecule has 0 saturated carbocycles. The summed E-state index contributed by atoms with van der Waals surface area (Å²) < 4.78 is 16.4. The number of terminal acetylenes is 1. The fourth-order valence-corrected chi connectivity index (χ4v) is 3.22. The average molecular weight is 388 g/mol. The van der Waals surface area contributed by atoms with Gasteiger partial charge in [-0.05, 0) is 43.4 Å². The molecule has 0 unspecified atom stereocenters. The average Bonchev–Trinajstić information content (AvgIpc) is 2.74. The molecule has 0 bridgehead atoms. The van der Waals surface area contributed by atoms with E-state index in [1.54, 1.807) is 7.11 Å². The quantitative estimate of drug-likeness (QED) is 0.289. The van der Waals surface area contributed by atoms with Gasteiger partial charge in [0, 0.05) is 47.0 Å². The highest BCUT2D eigenvalue weighted by molar-refractivity contribution is 5.79. The van der Waals surface area contributed by atoms with Crippen LogP contribution in [0.5, 0.6) is 5.75 Å². The van der Waals surface area contributed by atoms with Crippen molar-refractivity contribution >= 4 is 5.96 Å². The SMILES string of the molecule is C#CCOc1ccc(CCNC(=NC)N2CCC(OCCCOC)CC2)cc1. The highest BCUT2D eigenvalue weighted by atomic mass is 16.5. The predicted molar refractivity (Wildman–Crippen MR) is 113 cm³/mol. The van der Waals surface area contributed by atoms with Crippen LogP contribution in [0.3, 0.4) is 0 Å². The maximum atomic E-state index is 5.93. The maximum Gasteiger partial charge on any atom is 0.193 e. The Bertz CT molecular complexity index is 617. The number of hydrogen-bond donors (Lipinski definition) is 1. The van der Waals surface area contributed by atoms with Crippen LogP contribution in [-0.4, -0.2) is 70.6 Å². The van der Waals surface area contributed by atoms with Gasteiger partial charge in [0.2, 0.25) is 0 Å². The molecule has 1 aromatic rings. The smallest absolute Gasteiger partial charge is 0.193 e. The summed E-state index contributed by atoms with van der Waals surface area (Å²) >= 11 is 0. The van der Waals surface area contributed by atoms with Crippen LogP contribution in [0, 0.1) is 12.3 Å². The molecule has 0 amide bonds. The Labute approximate surface area is 169 Å². The third-order valence-corrected chi connectivity index (χ3v) is 4.74. The highest BCUT2D eigenvalue weighted by Gasteiger charge is 2.21. The van der Waals surface area contributed by atoms with Gasteiger partial charge in [0.1, 0.15) is 12.4 Å². The zero-order chi connectivity index (χ0) is 20.0. The Kier molecular flexibility index (Phi) is 10.3. The van der Waals surface area contributed by atoms with Crippen molar-refractivity contribution in [2.24, 2.45) is 4.99 Å². The van der Waals surface area contributed by atoms with Crippen molar-refractivity contribution in [1.82, 2.24) is 10.2 Å². The molecule has 1 heterocycles. The summed E-state index contributed by atoms with van der Waals surface area (Å²) in [6, 6.07) is 8.06. The van der Waals surface area contributed by atoms with E-state index in [4.69, 9.17) is 20.6 Å². The van der Waals surface area contributed by atoms with E-state index in [1.165, 1.54) is 5.56 Å². The van der Waals surface area contributed by atoms with E-state index in [2.05, 4.69) is 33.3 Å². The fourth-order valence-electron chi connectivity index (χ4n) is 3.22. The predicted octanol–water partition coefficient (Wildman–Crippen LogP) is 2.33. The number of rotatable bonds is 10. The van der Waals surface area contributed by atoms with E-state index in [0.29, 0.717) is 12.7 Å². The van der Waals surface area contributed by atoms with E-state index in [1.807, 2.05) is 19.2 Å². The lowest BCUT2D eigenvalue weighted by Gasteiger charge is -2.34. The summed E-state index contributed by atoms with van der Waals surface area (Å²) in [6.45, 7) is 4.61. The first-order chi connectivity index (χ1) is 13.8.